The predicted molar refractivity (Wildman–Crippen MR) is 150 cm³/mol. The Labute approximate surface area is 256 Å². The number of unbranched alkanes of at least 4 members (excludes halogenated alkanes) is 3. The molecule has 0 radical (unpaired) electrons. The molecule has 0 aliphatic rings. The minimum Gasteiger partial charge on any atom is -0.420 e. The summed E-state index contributed by atoms with van der Waals surface area (Å²) in [5.74, 6) is -14.1. The fourth-order valence-electron chi connectivity index (χ4n) is 3.07. The quantitative estimate of drug-likeness (QED) is 0.0177. The Morgan fingerprint density at radius 3 is 1.19 bits per heavy atom. The van der Waals surface area contributed by atoms with Crippen molar-refractivity contribution >= 4 is 28.6 Å². The number of ether oxygens (including phenoxy) is 8. The minimum absolute atomic E-state index is 0.0940. The fourth-order valence-corrected chi connectivity index (χ4v) is 3.61. The van der Waals surface area contributed by atoms with Crippen molar-refractivity contribution in [2.24, 2.45) is 0 Å². The second-order valence-electron chi connectivity index (χ2n) is 8.51. The third kappa shape index (κ3) is 18.5. The van der Waals surface area contributed by atoms with E-state index in [4.69, 9.17) is 33.2 Å². The summed E-state index contributed by atoms with van der Waals surface area (Å²) >= 11 is 2.39. The molecule has 0 aliphatic carbocycles. The van der Waals surface area contributed by atoms with Gasteiger partial charge in [0.2, 0.25) is 34.8 Å². The van der Waals surface area contributed by atoms with Gasteiger partial charge in [0.25, 0.3) is 0 Å². The molecule has 0 amide bonds. The van der Waals surface area contributed by atoms with Crippen LogP contribution in [-0.4, -0.2) is 103 Å². The topological polar surface area (TPSA) is 90.9 Å². The van der Waals surface area contributed by atoms with Gasteiger partial charge in [0.1, 0.15) is 0 Å². The van der Waals surface area contributed by atoms with E-state index in [1.165, 1.54) is 23.7 Å². The summed E-state index contributed by atoms with van der Waals surface area (Å²) < 4.78 is 109. The number of alkyl halides is 1. The van der Waals surface area contributed by atoms with E-state index in [0.717, 1.165) is 13.0 Å². The highest BCUT2D eigenvalue weighted by Crippen LogP contribution is 2.29. The number of esters is 1. The van der Waals surface area contributed by atoms with Crippen LogP contribution in [0.3, 0.4) is 0 Å². The summed E-state index contributed by atoms with van der Waals surface area (Å²) in [4.78, 5) is 11.6. The fraction of sp³-hybridized carbons (Fsp3) is 0.741. The molecule has 0 saturated carbocycles. The second-order valence-corrected chi connectivity index (χ2v) is 9.59. The summed E-state index contributed by atoms with van der Waals surface area (Å²) in [6.45, 7) is 5.27. The lowest BCUT2D eigenvalue weighted by molar-refractivity contribution is -0.136. The van der Waals surface area contributed by atoms with Crippen LogP contribution in [0.25, 0.3) is 0 Å². The van der Waals surface area contributed by atoms with Crippen LogP contribution in [0.2, 0.25) is 0 Å². The van der Waals surface area contributed by atoms with Crippen LogP contribution in [-0.2, 0) is 38.0 Å². The first-order valence-corrected chi connectivity index (χ1v) is 15.2. The third-order valence-corrected chi connectivity index (χ3v) is 6.00. The van der Waals surface area contributed by atoms with Crippen LogP contribution in [0.15, 0.2) is 0 Å². The maximum Gasteiger partial charge on any atom is 0.313 e. The molecule has 1 aromatic carbocycles. The van der Waals surface area contributed by atoms with Crippen LogP contribution in [0, 0.1) is 29.1 Å². The van der Waals surface area contributed by atoms with Crippen LogP contribution < -0.4 is 4.74 Å². The van der Waals surface area contributed by atoms with Gasteiger partial charge in [-0.3, -0.25) is 4.79 Å². The lowest BCUT2D eigenvalue weighted by Crippen LogP contribution is -2.16. The summed E-state index contributed by atoms with van der Waals surface area (Å²) in [5.41, 5.74) is 0. The zero-order valence-electron chi connectivity index (χ0n) is 23.6. The van der Waals surface area contributed by atoms with E-state index in [9.17, 15) is 26.7 Å². The van der Waals surface area contributed by atoms with Gasteiger partial charge in [0.05, 0.1) is 92.3 Å². The molecule has 42 heavy (non-hydrogen) atoms. The van der Waals surface area contributed by atoms with Gasteiger partial charge in [0, 0.05) is 6.61 Å². The monoisotopic (exact) mass is 730 g/mol. The molecule has 0 saturated heterocycles. The number of halogens is 6. The zero-order chi connectivity index (χ0) is 30.8. The molecule has 0 fully saturated rings. The van der Waals surface area contributed by atoms with Gasteiger partial charge < -0.3 is 37.9 Å². The van der Waals surface area contributed by atoms with Crippen LogP contribution in [0.1, 0.15) is 32.1 Å². The van der Waals surface area contributed by atoms with Crippen LogP contribution in [0.4, 0.5) is 22.0 Å². The highest BCUT2D eigenvalue weighted by atomic mass is 127. The van der Waals surface area contributed by atoms with E-state index in [2.05, 4.69) is 27.3 Å². The molecule has 9 nitrogen and oxygen atoms in total. The van der Waals surface area contributed by atoms with Crippen molar-refractivity contribution in [3.8, 4) is 5.75 Å². The van der Waals surface area contributed by atoms with Crippen molar-refractivity contribution in [2.75, 3.05) is 96.9 Å². The van der Waals surface area contributed by atoms with Gasteiger partial charge in [-0.15, -0.1) is 0 Å². The Morgan fingerprint density at radius 1 is 0.452 bits per heavy atom. The third-order valence-electron chi connectivity index (χ3n) is 5.24. The predicted octanol–water partition coefficient (Wildman–Crippen LogP) is 4.79. The number of carbonyl (C=O) groups is 1. The molecule has 0 unspecified atom stereocenters. The number of hydrogen-bond acceptors (Lipinski definition) is 9. The van der Waals surface area contributed by atoms with Crippen LogP contribution >= 0.6 is 22.6 Å². The smallest absolute Gasteiger partial charge is 0.313 e. The summed E-state index contributed by atoms with van der Waals surface area (Å²) in [5, 5.41) is 0. The normalized spacial score (nSPS) is 11.4. The standard InChI is InChI=1S/C27H40F5IO9/c28-22-23(29)25(31)27(26(32)24(22)30)42-21(34)5-8-36-10-12-38-14-16-40-18-20-41-19-17-39-15-13-37-11-9-35-7-4-2-1-3-6-33/h1-20H2. The van der Waals surface area contributed by atoms with E-state index in [0.29, 0.717) is 66.1 Å². The Morgan fingerprint density at radius 2 is 0.786 bits per heavy atom. The summed E-state index contributed by atoms with van der Waals surface area (Å²) in [6, 6.07) is 0. The molecule has 15 heteroatoms. The SMILES string of the molecule is O=C(CCOCCOCCOCCOCCOCCOCCOCCCCCCI)Oc1c(F)c(F)c(F)c(F)c1F. The Hall–Kier alpha value is -1.21. The molecule has 244 valence electrons. The first kappa shape index (κ1) is 38.8. The lowest BCUT2D eigenvalue weighted by atomic mass is 10.2. The van der Waals surface area contributed by atoms with E-state index in [1.807, 2.05) is 0 Å². The number of rotatable bonds is 28. The van der Waals surface area contributed by atoms with Gasteiger partial charge in [-0.2, -0.15) is 8.78 Å². The molecular formula is C27H40F5IO9. The molecule has 0 heterocycles. The van der Waals surface area contributed by atoms with Gasteiger partial charge in [-0.05, 0) is 17.3 Å². The molecule has 1 rings (SSSR count). The van der Waals surface area contributed by atoms with Crippen molar-refractivity contribution in [3.05, 3.63) is 29.1 Å². The first-order valence-electron chi connectivity index (χ1n) is 13.7. The molecule has 0 atom stereocenters. The van der Waals surface area contributed by atoms with Crippen molar-refractivity contribution in [3.63, 3.8) is 0 Å². The second kappa shape index (κ2) is 26.2. The van der Waals surface area contributed by atoms with E-state index in [-0.39, 0.29) is 19.8 Å². The summed E-state index contributed by atoms with van der Waals surface area (Å²) in [6.07, 6.45) is 4.36. The maximum absolute atomic E-state index is 13.5. The van der Waals surface area contributed by atoms with Crippen LogP contribution in [0.5, 0.6) is 5.75 Å². The average Bonchev–Trinajstić information content (AvgIpc) is 2.99. The van der Waals surface area contributed by atoms with Gasteiger partial charge in [0.15, 0.2) is 0 Å². The van der Waals surface area contributed by atoms with E-state index < -0.39 is 47.2 Å². The molecule has 0 spiro atoms. The number of carbonyl (C=O) groups excluding carboxylic acids is 1. The molecule has 0 aromatic heterocycles. The first-order chi connectivity index (χ1) is 20.4. The van der Waals surface area contributed by atoms with Gasteiger partial charge in [-0.25, -0.2) is 13.2 Å². The lowest BCUT2D eigenvalue weighted by Gasteiger charge is -2.09. The van der Waals surface area contributed by atoms with E-state index >= 15 is 0 Å². The molecule has 0 bridgehead atoms. The van der Waals surface area contributed by atoms with Gasteiger partial charge in [-0.1, -0.05) is 35.4 Å². The summed E-state index contributed by atoms with van der Waals surface area (Å²) in [7, 11) is 0. The Bertz CT molecular complexity index is 826. The molecule has 0 aliphatic heterocycles. The maximum atomic E-state index is 13.5. The van der Waals surface area contributed by atoms with Crippen molar-refractivity contribution in [1.29, 1.82) is 0 Å². The van der Waals surface area contributed by atoms with E-state index in [1.54, 1.807) is 0 Å². The van der Waals surface area contributed by atoms with Crippen molar-refractivity contribution in [2.45, 2.75) is 32.1 Å². The Kier molecular flexibility index (Phi) is 24.2. The zero-order valence-corrected chi connectivity index (χ0v) is 25.7. The molecule has 1 aromatic rings. The number of hydrogen-bond donors (Lipinski definition) is 0. The largest absolute Gasteiger partial charge is 0.420 e. The average molecular weight is 731 g/mol. The highest BCUT2D eigenvalue weighted by Gasteiger charge is 2.28. The number of benzene rings is 1. The van der Waals surface area contributed by atoms with Gasteiger partial charge >= 0.3 is 5.97 Å². The van der Waals surface area contributed by atoms with Crippen molar-refractivity contribution in [1.82, 2.24) is 0 Å². The van der Waals surface area contributed by atoms with Crippen molar-refractivity contribution < 1.29 is 64.6 Å². The highest BCUT2D eigenvalue weighted by molar-refractivity contribution is 14.1. The molecular weight excluding hydrogens is 690 g/mol. The minimum atomic E-state index is -2.34. The Balaban J connectivity index is 1.82. The molecule has 0 N–H and O–H groups in total.